The Balaban J connectivity index is 1.97. The van der Waals surface area contributed by atoms with Crippen LogP contribution < -0.4 is 5.32 Å². The van der Waals surface area contributed by atoms with Crippen LogP contribution in [0.1, 0.15) is 23.5 Å². The first-order valence-corrected chi connectivity index (χ1v) is 6.27. The van der Waals surface area contributed by atoms with Crippen LogP contribution in [0, 0.1) is 12.8 Å². The third-order valence-electron chi connectivity index (χ3n) is 4.12. The lowest BCUT2D eigenvalue weighted by molar-refractivity contribution is 0.192. The molecule has 2 aliphatic heterocycles. The molecular formula is C14H20N2. The van der Waals surface area contributed by atoms with Gasteiger partial charge in [-0.3, -0.25) is 0 Å². The molecule has 2 heteroatoms. The molecule has 0 aromatic heterocycles. The molecule has 2 aliphatic rings. The largest absolute Gasteiger partial charge is 0.385 e. The first-order valence-electron chi connectivity index (χ1n) is 6.27. The number of hydrogen-bond donors (Lipinski definition) is 1. The number of likely N-dealkylation sites (tertiary alicyclic amines) is 1. The van der Waals surface area contributed by atoms with Crippen LogP contribution >= 0.6 is 0 Å². The number of anilines is 1. The van der Waals surface area contributed by atoms with Gasteiger partial charge in [0, 0.05) is 24.7 Å². The molecule has 2 unspecified atom stereocenters. The molecule has 16 heavy (non-hydrogen) atoms. The Morgan fingerprint density at radius 3 is 3.12 bits per heavy atom. The fourth-order valence-corrected chi connectivity index (χ4v) is 3.15. The highest BCUT2D eigenvalue weighted by Gasteiger charge is 2.33. The topological polar surface area (TPSA) is 15.3 Å². The Morgan fingerprint density at radius 1 is 1.38 bits per heavy atom. The van der Waals surface area contributed by atoms with E-state index in [1.807, 2.05) is 0 Å². The monoisotopic (exact) mass is 216 g/mol. The van der Waals surface area contributed by atoms with Gasteiger partial charge in [0.25, 0.3) is 0 Å². The molecule has 86 valence electrons. The van der Waals surface area contributed by atoms with Crippen LogP contribution in [0.3, 0.4) is 0 Å². The minimum Gasteiger partial charge on any atom is -0.385 e. The van der Waals surface area contributed by atoms with E-state index in [-0.39, 0.29) is 0 Å². The van der Waals surface area contributed by atoms with Crippen molar-refractivity contribution in [2.24, 2.45) is 5.92 Å². The molecule has 0 spiro atoms. The molecule has 2 nitrogen and oxygen atoms in total. The number of likely N-dealkylation sites (N-methyl/N-ethyl adjacent to an activating group) is 1. The van der Waals surface area contributed by atoms with E-state index in [2.05, 4.69) is 42.4 Å². The van der Waals surface area contributed by atoms with Gasteiger partial charge in [0.2, 0.25) is 0 Å². The third kappa shape index (κ3) is 1.61. The highest BCUT2D eigenvalue weighted by Crippen LogP contribution is 2.39. The number of aryl methyl sites for hydroxylation is 1. The van der Waals surface area contributed by atoms with Crippen molar-refractivity contribution in [2.75, 3.05) is 32.0 Å². The summed E-state index contributed by atoms with van der Waals surface area (Å²) in [4.78, 5) is 2.47. The molecule has 0 bridgehead atoms. The summed E-state index contributed by atoms with van der Waals surface area (Å²) in [6, 6.07) is 6.87. The SMILES string of the molecule is Cc1ccc2c(c1)NCC1CCN(C)CC21. The van der Waals surface area contributed by atoms with Crippen LogP contribution in [-0.4, -0.2) is 31.6 Å². The maximum absolute atomic E-state index is 3.60. The van der Waals surface area contributed by atoms with Crippen molar-refractivity contribution in [1.82, 2.24) is 4.90 Å². The maximum atomic E-state index is 3.60. The smallest absolute Gasteiger partial charge is 0.0378 e. The Hall–Kier alpha value is -1.02. The molecule has 0 radical (unpaired) electrons. The van der Waals surface area contributed by atoms with Gasteiger partial charge in [0.15, 0.2) is 0 Å². The van der Waals surface area contributed by atoms with Crippen molar-refractivity contribution in [1.29, 1.82) is 0 Å². The van der Waals surface area contributed by atoms with Crippen LogP contribution in [0.5, 0.6) is 0 Å². The van der Waals surface area contributed by atoms with Gasteiger partial charge >= 0.3 is 0 Å². The average Bonchev–Trinajstić information content (AvgIpc) is 2.28. The van der Waals surface area contributed by atoms with E-state index in [0.29, 0.717) is 0 Å². The van der Waals surface area contributed by atoms with E-state index >= 15 is 0 Å². The highest BCUT2D eigenvalue weighted by molar-refractivity contribution is 5.57. The minimum absolute atomic E-state index is 0.746. The van der Waals surface area contributed by atoms with Gasteiger partial charge in [-0.05, 0) is 50.0 Å². The Labute approximate surface area is 97.6 Å². The van der Waals surface area contributed by atoms with Crippen molar-refractivity contribution in [3.05, 3.63) is 29.3 Å². The fourth-order valence-electron chi connectivity index (χ4n) is 3.15. The number of piperidine rings is 1. The Bertz CT molecular complexity index is 400. The second-order valence-electron chi connectivity index (χ2n) is 5.39. The lowest BCUT2D eigenvalue weighted by Gasteiger charge is -2.41. The zero-order valence-corrected chi connectivity index (χ0v) is 10.2. The summed E-state index contributed by atoms with van der Waals surface area (Å²) in [7, 11) is 2.24. The van der Waals surface area contributed by atoms with Crippen molar-refractivity contribution < 1.29 is 0 Å². The minimum atomic E-state index is 0.746. The summed E-state index contributed by atoms with van der Waals surface area (Å²) in [6.07, 6.45) is 1.33. The maximum Gasteiger partial charge on any atom is 0.0378 e. The van der Waals surface area contributed by atoms with Gasteiger partial charge < -0.3 is 10.2 Å². The van der Waals surface area contributed by atoms with Gasteiger partial charge in [0.05, 0.1) is 0 Å². The summed E-state index contributed by atoms with van der Waals surface area (Å²) < 4.78 is 0. The predicted molar refractivity (Wildman–Crippen MR) is 68.0 cm³/mol. The normalized spacial score (nSPS) is 29.1. The number of fused-ring (bicyclic) bond motifs is 3. The molecule has 1 fully saturated rings. The number of rotatable bonds is 0. The number of nitrogens with zero attached hydrogens (tertiary/aromatic N) is 1. The molecular weight excluding hydrogens is 196 g/mol. The van der Waals surface area contributed by atoms with Gasteiger partial charge in [-0.2, -0.15) is 0 Å². The van der Waals surface area contributed by atoms with Crippen LogP contribution in [0.25, 0.3) is 0 Å². The molecule has 3 rings (SSSR count). The standard InChI is InChI=1S/C14H20N2/c1-10-3-4-12-13-9-16(2)6-5-11(13)8-15-14(12)7-10/h3-4,7,11,13,15H,5-6,8-9H2,1-2H3. The van der Waals surface area contributed by atoms with Crippen molar-refractivity contribution in [3.8, 4) is 0 Å². The average molecular weight is 216 g/mol. The quantitative estimate of drug-likeness (QED) is 0.716. The molecule has 0 saturated carbocycles. The van der Waals surface area contributed by atoms with Crippen LogP contribution in [0.2, 0.25) is 0 Å². The van der Waals surface area contributed by atoms with Crippen molar-refractivity contribution in [3.63, 3.8) is 0 Å². The zero-order valence-electron chi connectivity index (χ0n) is 10.2. The van der Waals surface area contributed by atoms with E-state index in [1.165, 1.54) is 36.3 Å². The summed E-state index contributed by atoms with van der Waals surface area (Å²) in [6.45, 7) is 5.81. The lowest BCUT2D eigenvalue weighted by atomic mass is 9.77. The third-order valence-corrected chi connectivity index (χ3v) is 4.12. The summed E-state index contributed by atoms with van der Waals surface area (Å²) in [5, 5.41) is 3.60. The highest BCUT2D eigenvalue weighted by atomic mass is 15.1. The van der Waals surface area contributed by atoms with E-state index in [9.17, 15) is 0 Å². The molecule has 2 heterocycles. The van der Waals surface area contributed by atoms with Crippen molar-refractivity contribution >= 4 is 5.69 Å². The predicted octanol–water partition coefficient (Wildman–Crippen LogP) is 2.46. The van der Waals surface area contributed by atoms with Gasteiger partial charge in [-0.15, -0.1) is 0 Å². The Morgan fingerprint density at radius 2 is 2.25 bits per heavy atom. The van der Waals surface area contributed by atoms with E-state index in [0.717, 1.165) is 18.4 Å². The Kier molecular flexibility index (Phi) is 2.40. The lowest BCUT2D eigenvalue weighted by Crippen LogP contribution is -2.41. The number of hydrogen-bond acceptors (Lipinski definition) is 2. The molecule has 2 atom stereocenters. The summed E-state index contributed by atoms with van der Waals surface area (Å²) in [5.74, 6) is 1.59. The van der Waals surface area contributed by atoms with Gasteiger partial charge in [0.1, 0.15) is 0 Å². The van der Waals surface area contributed by atoms with Crippen LogP contribution in [-0.2, 0) is 0 Å². The molecule has 1 aromatic carbocycles. The molecule has 0 aliphatic carbocycles. The van der Waals surface area contributed by atoms with Crippen LogP contribution in [0.15, 0.2) is 18.2 Å². The zero-order chi connectivity index (χ0) is 11.1. The van der Waals surface area contributed by atoms with Gasteiger partial charge in [-0.25, -0.2) is 0 Å². The molecule has 1 aromatic rings. The molecule has 1 N–H and O–H groups in total. The van der Waals surface area contributed by atoms with Gasteiger partial charge in [-0.1, -0.05) is 12.1 Å². The van der Waals surface area contributed by atoms with E-state index in [4.69, 9.17) is 0 Å². The van der Waals surface area contributed by atoms with Crippen molar-refractivity contribution in [2.45, 2.75) is 19.3 Å². The first kappa shape index (κ1) is 10.2. The van der Waals surface area contributed by atoms with Crippen LogP contribution in [0.4, 0.5) is 5.69 Å². The number of nitrogens with one attached hydrogen (secondary N) is 1. The summed E-state index contributed by atoms with van der Waals surface area (Å²) >= 11 is 0. The molecule has 1 saturated heterocycles. The second kappa shape index (κ2) is 3.77. The first-order chi connectivity index (χ1) is 7.74. The van der Waals surface area contributed by atoms with E-state index in [1.54, 1.807) is 0 Å². The van der Waals surface area contributed by atoms with E-state index < -0.39 is 0 Å². The molecule has 0 amide bonds. The fraction of sp³-hybridized carbons (Fsp3) is 0.571. The second-order valence-corrected chi connectivity index (χ2v) is 5.39. The summed E-state index contributed by atoms with van der Waals surface area (Å²) in [5.41, 5.74) is 4.26. The number of benzene rings is 1.